The second-order valence-electron chi connectivity index (χ2n) is 8.86. The van der Waals surface area contributed by atoms with Gasteiger partial charge in [0.1, 0.15) is 0 Å². The summed E-state index contributed by atoms with van der Waals surface area (Å²) < 4.78 is 0. The number of carbonyl (C=O) groups excluding carboxylic acids is 2. The van der Waals surface area contributed by atoms with Gasteiger partial charge < -0.3 is 9.80 Å². The van der Waals surface area contributed by atoms with Crippen molar-refractivity contribution in [3.63, 3.8) is 0 Å². The summed E-state index contributed by atoms with van der Waals surface area (Å²) in [5, 5.41) is 0. The summed E-state index contributed by atoms with van der Waals surface area (Å²) in [6.07, 6.45) is 11.4. The van der Waals surface area contributed by atoms with Gasteiger partial charge in [0.2, 0.25) is 11.8 Å². The molecule has 3 atom stereocenters. The lowest BCUT2D eigenvalue weighted by atomic mass is 9.77. The molecule has 4 rings (SSSR count). The largest absolute Gasteiger partial charge is 0.341 e. The minimum atomic E-state index is -0.404. The molecule has 2 aliphatic heterocycles. The molecular formula is C22H29N3O2. The number of amides is 2. The smallest absolute Gasteiger partial charge is 0.231 e. The summed E-state index contributed by atoms with van der Waals surface area (Å²) in [5.74, 6) is 0.646. The summed E-state index contributed by atoms with van der Waals surface area (Å²) in [5.41, 5.74) is 0.346. The highest BCUT2D eigenvalue weighted by atomic mass is 16.2. The van der Waals surface area contributed by atoms with E-state index in [2.05, 4.69) is 31.0 Å². The van der Waals surface area contributed by atoms with Crippen LogP contribution in [0.25, 0.3) is 0 Å². The van der Waals surface area contributed by atoms with Gasteiger partial charge in [-0.05, 0) is 43.2 Å². The standard InChI is InChI=1S/C22H29N3O2/c1-17-14-25(19(26)21(2)8-4-3-5-9-21)16-22(17)10-12-24(20(22)27)15-18-7-6-11-23-13-18/h3-4,6-7,11,13,17H,5,8-10,12,14-16H2,1-2H3/t17-,21?,22-/m1/s1. The molecule has 1 unspecified atom stereocenters. The number of hydrogen-bond donors (Lipinski definition) is 0. The van der Waals surface area contributed by atoms with Gasteiger partial charge in [-0.1, -0.05) is 32.1 Å². The lowest BCUT2D eigenvalue weighted by Gasteiger charge is -2.34. The van der Waals surface area contributed by atoms with E-state index < -0.39 is 5.41 Å². The fourth-order valence-corrected chi connectivity index (χ4v) is 5.09. The molecule has 0 N–H and O–H groups in total. The molecule has 2 fully saturated rings. The number of pyridine rings is 1. The maximum atomic E-state index is 13.3. The molecule has 3 heterocycles. The zero-order valence-corrected chi connectivity index (χ0v) is 16.4. The monoisotopic (exact) mass is 367 g/mol. The number of nitrogens with zero attached hydrogens (tertiary/aromatic N) is 3. The van der Waals surface area contributed by atoms with Crippen molar-refractivity contribution in [2.24, 2.45) is 16.7 Å². The molecule has 1 aromatic rings. The summed E-state index contributed by atoms with van der Waals surface area (Å²) in [6, 6.07) is 3.92. The van der Waals surface area contributed by atoms with E-state index in [1.54, 1.807) is 6.20 Å². The van der Waals surface area contributed by atoms with Crippen molar-refractivity contribution in [2.45, 2.75) is 46.1 Å². The van der Waals surface area contributed by atoms with E-state index in [9.17, 15) is 9.59 Å². The van der Waals surface area contributed by atoms with Gasteiger partial charge in [0.05, 0.1) is 10.8 Å². The third-order valence-electron chi connectivity index (χ3n) is 6.95. The molecule has 0 saturated carbocycles. The Bertz CT molecular complexity index is 762. The third-order valence-corrected chi connectivity index (χ3v) is 6.95. The molecule has 2 saturated heterocycles. The highest BCUT2D eigenvalue weighted by molar-refractivity contribution is 5.89. The Morgan fingerprint density at radius 3 is 2.89 bits per heavy atom. The fraction of sp³-hybridized carbons (Fsp3) is 0.591. The first-order chi connectivity index (χ1) is 12.9. The van der Waals surface area contributed by atoms with E-state index in [1.165, 1.54) is 0 Å². The van der Waals surface area contributed by atoms with E-state index in [1.807, 2.05) is 28.1 Å². The number of aromatic nitrogens is 1. The Morgan fingerprint density at radius 1 is 1.33 bits per heavy atom. The molecule has 27 heavy (non-hydrogen) atoms. The van der Waals surface area contributed by atoms with Crippen molar-refractivity contribution in [3.05, 3.63) is 42.2 Å². The van der Waals surface area contributed by atoms with Gasteiger partial charge in [0.25, 0.3) is 0 Å². The number of allylic oxidation sites excluding steroid dienone is 2. The number of carbonyl (C=O) groups is 2. The Hall–Kier alpha value is -2.17. The summed E-state index contributed by atoms with van der Waals surface area (Å²) in [6.45, 7) is 6.87. The molecular weight excluding hydrogens is 338 g/mol. The molecule has 1 spiro atoms. The quantitative estimate of drug-likeness (QED) is 0.772. The average Bonchev–Trinajstić information content (AvgIpc) is 3.18. The first-order valence-electron chi connectivity index (χ1n) is 10.1. The molecule has 2 amide bonds. The topological polar surface area (TPSA) is 53.5 Å². The summed E-state index contributed by atoms with van der Waals surface area (Å²) in [7, 11) is 0. The lowest BCUT2D eigenvalue weighted by molar-refractivity contribution is -0.142. The van der Waals surface area contributed by atoms with Gasteiger partial charge in [-0.15, -0.1) is 0 Å². The third kappa shape index (κ3) is 3.07. The van der Waals surface area contributed by atoms with E-state index >= 15 is 0 Å². The maximum Gasteiger partial charge on any atom is 0.231 e. The predicted molar refractivity (Wildman–Crippen MR) is 104 cm³/mol. The van der Waals surface area contributed by atoms with Crippen LogP contribution in [0.1, 0.15) is 45.1 Å². The molecule has 144 valence electrons. The average molecular weight is 367 g/mol. The van der Waals surface area contributed by atoms with Crippen molar-refractivity contribution in [1.82, 2.24) is 14.8 Å². The van der Waals surface area contributed by atoms with Crippen LogP contribution < -0.4 is 0 Å². The number of hydrogen-bond acceptors (Lipinski definition) is 3. The van der Waals surface area contributed by atoms with Crippen molar-refractivity contribution in [2.75, 3.05) is 19.6 Å². The van der Waals surface area contributed by atoms with E-state index in [-0.39, 0.29) is 23.1 Å². The predicted octanol–water partition coefficient (Wildman–Crippen LogP) is 3.03. The van der Waals surface area contributed by atoms with Crippen LogP contribution in [-0.4, -0.2) is 46.2 Å². The normalized spacial score (nSPS) is 33.3. The Morgan fingerprint density at radius 2 is 2.19 bits per heavy atom. The molecule has 5 nitrogen and oxygen atoms in total. The van der Waals surface area contributed by atoms with E-state index in [4.69, 9.17) is 0 Å². The van der Waals surface area contributed by atoms with Crippen molar-refractivity contribution < 1.29 is 9.59 Å². The van der Waals surface area contributed by atoms with Crippen molar-refractivity contribution in [1.29, 1.82) is 0 Å². The van der Waals surface area contributed by atoms with Crippen LogP contribution in [0.15, 0.2) is 36.7 Å². The summed E-state index contributed by atoms with van der Waals surface area (Å²) >= 11 is 0. The van der Waals surface area contributed by atoms with Gasteiger partial charge in [-0.2, -0.15) is 0 Å². The van der Waals surface area contributed by atoms with Gasteiger partial charge in [0, 0.05) is 38.6 Å². The summed E-state index contributed by atoms with van der Waals surface area (Å²) in [4.78, 5) is 34.7. The Labute approximate surface area is 161 Å². The van der Waals surface area contributed by atoms with Crippen molar-refractivity contribution in [3.8, 4) is 0 Å². The molecule has 0 aromatic carbocycles. The van der Waals surface area contributed by atoms with E-state index in [0.29, 0.717) is 19.6 Å². The number of rotatable bonds is 3. The first kappa shape index (κ1) is 18.2. The molecule has 1 aromatic heterocycles. The SMILES string of the molecule is C[C@@H]1CN(C(=O)C2(C)CC=CCC2)C[C@]12CCN(Cc1cccnc1)C2=O. The molecule has 3 aliphatic rings. The van der Waals surface area contributed by atoms with Crippen LogP contribution in [-0.2, 0) is 16.1 Å². The molecule has 1 aliphatic carbocycles. The van der Waals surface area contributed by atoms with Crippen LogP contribution in [0, 0.1) is 16.7 Å². The Kier molecular flexibility index (Phi) is 4.57. The zero-order valence-electron chi connectivity index (χ0n) is 16.4. The van der Waals surface area contributed by atoms with Gasteiger partial charge in [0.15, 0.2) is 0 Å². The highest BCUT2D eigenvalue weighted by Gasteiger charge is 2.56. The van der Waals surface area contributed by atoms with Crippen molar-refractivity contribution >= 4 is 11.8 Å². The lowest BCUT2D eigenvalue weighted by Crippen LogP contribution is -2.44. The molecule has 5 heteroatoms. The zero-order chi connectivity index (χ0) is 19.1. The molecule has 0 radical (unpaired) electrons. The van der Waals surface area contributed by atoms with Crippen LogP contribution in [0.3, 0.4) is 0 Å². The van der Waals surface area contributed by atoms with Gasteiger partial charge in [-0.3, -0.25) is 14.6 Å². The van der Waals surface area contributed by atoms with Gasteiger partial charge >= 0.3 is 0 Å². The second kappa shape index (κ2) is 6.77. The minimum Gasteiger partial charge on any atom is -0.341 e. The minimum absolute atomic E-state index is 0.204. The first-order valence-corrected chi connectivity index (χ1v) is 10.1. The van der Waals surface area contributed by atoms with Crippen LogP contribution in [0.4, 0.5) is 0 Å². The fourth-order valence-electron chi connectivity index (χ4n) is 5.09. The van der Waals surface area contributed by atoms with Crippen LogP contribution >= 0.6 is 0 Å². The van der Waals surface area contributed by atoms with Crippen LogP contribution in [0.5, 0.6) is 0 Å². The van der Waals surface area contributed by atoms with Crippen LogP contribution in [0.2, 0.25) is 0 Å². The second-order valence-corrected chi connectivity index (χ2v) is 8.86. The van der Waals surface area contributed by atoms with Gasteiger partial charge in [-0.25, -0.2) is 0 Å². The Balaban J connectivity index is 1.48. The maximum absolute atomic E-state index is 13.3. The van der Waals surface area contributed by atoms with E-state index in [0.717, 1.165) is 37.8 Å². The highest BCUT2D eigenvalue weighted by Crippen LogP contribution is 2.47. The molecule has 0 bridgehead atoms. The number of likely N-dealkylation sites (tertiary alicyclic amines) is 2.